The van der Waals surface area contributed by atoms with Crippen LogP contribution in [0.3, 0.4) is 0 Å². The molecule has 14 aromatic rings. The quantitative estimate of drug-likeness (QED) is 0.156. The molecule has 0 atom stereocenters. The lowest BCUT2D eigenvalue weighted by Crippen LogP contribution is -2.29. The first-order chi connectivity index (χ1) is 36.0. The van der Waals surface area contributed by atoms with Crippen molar-refractivity contribution < 1.29 is 10.0 Å². The summed E-state index contributed by atoms with van der Waals surface area (Å²) in [6, 6.07) is 90.9. The summed E-state index contributed by atoms with van der Waals surface area (Å²) in [4.78, 5) is 11.0. The second-order valence-electron chi connectivity index (χ2n) is 18.4. The summed E-state index contributed by atoms with van der Waals surface area (Å²) in [5, 5.41) is 25.0. The van der Waals surface area contributed by atoms with Gasteiger partial charge in [0.25, 0.3) is 0 Å². The van der Waals surface area contributed by atoms with Crippen molar-refractivity contribution in [1.29, 1.82) is 0 Å². The van der Waals surface area contributed by atoms with Crippen LogP contribution in [0.15, 0.2) is 261 Å². The van der Waals surface area contributed by atoms with Crippen LogP contribution in [0.2, 0.25) is 0 Å². The standard InChI is InChI=1S/C54H34N4.C12H11BO2/c1-3-14-35(15-4-1)36-26-28-37(29-27-36)42-21-13-25-50-52(42)45-32-38-16-7-8-17-39(38)34-51(45)58(50)54-53(55-46-22-10-11-23-47(46)56-54)40-30-31-49-44(33-40)43-20-9-12-24-48(43)57(49)41-18-5-2-6-19-41;14-13(15)12-8-6-11(7-9-12)10-4-2-1-3-5-10/h1-34H;1-9,14-15H. The minimum atomic E-state index is -1.39. The lowest BCUT2D eigenvalue weighted by atomic mass is 9.80. The van der Waals surface area contributed by atoms with Crippen LogP contribution < -0.4 is 5.46 Å². The number of hydrogen-bond donors (Lipinski definition) is 2. The average molecular weight is 937 g/mol. The van der Waals surface area contributed by atoms with Crippen LogP contribution in [0.25, 0.3) is 122 Å². The van der Waals surface area contributed by atoms with Crippen LogP contribution >= 0.6 is 0 Å². The van der Waals surface area contributed by atoms with Crippen LogP contribution in [0, 0.1) is 0 Å². The Morgan fingerprint density at radius 2 is 0.849 bits per heavy atom. The van der Waals surface area contributed by atoms with Gasteiger partial charge in [0.2, 0.25) is 0 Å². The molecule has 0 radical (unpaired) electrons. The highest BCUT2D eigenvalue weighted by Crippen LogP contribution is 2.43. The van der Waals surface area contributed by atoms with E-state index in [1.54, 1.807) is 12.1 Å². The van der Waals surface area contributed by atoms with Crippen molar-refractivity contribution in [2.75, 3.05) is 0 Å². The van der Waals surface area contributed by atoms with Crippen LogP contribution in [-0.2, 0) is 0 Å². The maximum atomic E-state index is 8.94. The third kappa shape index (κ3) is 7.90. The highest BCUT2D eigenvalue weighted by Gasteiger charge is 2.23. The van der Waals surface area contributed by atoms with Gasteiger partial charge in [-0.25, -0.2) is 9.97 Å². The highest BCUT2D eigenvalue weighted by molar-refractivity contribution is 6.58. The van der Waals surface area contributed by atoms with E-state index in [1.165, 1.54) is 60.1 Å². The molecule has 344 valence electrons. The van der Waals surface area contributed by atoms with Crippen LogP contribution in [0.1, 0.15) is 0 Å². The molecule has 11 aromatic carbocycles. The Kier molecular flexibility index (Phi) is 11.0. The Labute approximate surface area is 422 Å². The van der Waals surface area contributed by atoms with E-state index in [1.807, 2.05) is 54.6 Å². The number of hydrogen-bond acceptors (Lipinski definition) is 4. The Morgan fingerprint density at radius 1 is 0.329 bits per heavy atom. The van der Waals surface area contributed by atoms with Crippen LogP contribution in [0.4, 0.5) is 0 Å². The van der Waals surface area contributed by atoms with Crippen LogP contribution in [0.5, 0.6) is 0 Å². The normalized spacial score (nSPS) is 11.4. The molecular formula is C66H45BN4O2. The number of fused-ring (bicyclic) bond motifs is 8. The molecule has 6 nitrogen and oxygen atoms in total. The summed E-state index contributed by atoms with van der Waals surface area (Å²) < 4.78 is 4.71. The molecule has 7 heteroatoms. The van der Waals surface area contributed by atoms with Crippen molar-refractivity contribution in [3.8, 4) is 56.1 Å². The van der Waals surface area contributed by atoms with Crippen molar-refractivity contribution >= 4 is 78.0 Å². The van der Waals surface area contributed by atoms with Gasteiger partial charge in [-0.05, 0) is 110 Å². The smallest absolute Gasteiger partial charge is 0.423 e. The van der Waals surface area contributed by atoms with E-state index in [-0.39, 0.29) is 0 Å². The molecule has 0 spiro atoms. The maximum absolute atomic E-state index is 8.94. The van der Waals surface area contributed by atoms with Crippen molar-refractivity contribution in [2.45, 2.75) is 0 Å². The molecule has 2 N–H and O–H groups in total. The van der Waals surface area contributed by atoms with E-state index in [4.69, 9.17) is 20.0 Å². The fraction of sp³-hybridized carbons (Fsp3) is 0. The summed E-state index contributed by atoms with van der Waals surface area (Å²) in [7, 11) is -1.39. The molecule has 3 heterocycles. The zero-order valence-electron chi connectivity index (χ0n) is 39.6. The van der Waals surface area contributed by atoms with Crippen molar-refractivity contribution in [3.63, 3.8) is 0 Å². The Bertz CT molecular complexity index is 4320. The topological polar surface area (TPSA) is 76.1 Å². The minimum absolute atomic E-state index is 0.509. The third-order valence-corrected chi connectivity index (χ3v) is 14.0. The lowest BCUT2D eigenvalue weighted by molar-refractivity contribution is 0.426. The number of rotatable bonds is 7. The summed E-state index contributed by atoms with van der Waals surface area (Å²) in [6.07, 6.45) is 0. The van der Waals surface area contributed by atoms with E-state index in [2.05, 4.69) is 203 Å². The molecular weight excluding hydrogens is 892 g/mol. The van der Waals surface area contributed by atoms with Gasteiger partial charge in [0.1, 0.15) is 5.69 Å². The van der Waals surface area contributed by atoms with E-state index in [9.17, 15) is 0 Å². The zero-order valence-corrected chi connectivity index (χ0v) is 39.6. The molecule has 0 unspecified atom stereocenters. The monoisotopic (exact) mass is 936 g/mol. The second kappa shape index (κ2) is 18.4. The van der Waals surface area contributed by atoms with E-state index >= 15 is 0 Å². The van der Waals surface area contributed by atoms with Gasteiger partial charge in [0.15, 0.2) is 5.82 Å². The number of para-hydroxylation sites is 4. The molecule has 73 heavy (non-hydrogen) atoms. The molecule has 0 aliphatic carbocycles. The molecule has 0 saturated heterocycles. The van der Waals surface area contributed by atoms with Gasteiger partial charge in [0.05, 0.1) is 33.1 Å². The molecule has 0 amide bonds. The first-order valence-electron chi connectivity index (χ1n) is 24.5. The fourth-order valence-corrected chi connectivity index (χ4v) is 10.5. The van der Waals surface area contributed by atoms with Gasteiger partial charge < -0.3 is 14.6 Å². The first kappa shape index (κ1) is 43.6. The molecule has 3 aromatic heterocycles. The highest BCUT2D eigenvalue weighted by atomic mass is 16.4. The summed E-state index contributed by atoms with van der Waals surface area (Å²) in [6.45, 7) is 0. The fourth-order valence-electron chi connectivity index (χ4n) is 10.5. The maximum Gasteiger partial charge on any atom is 0.488 e. The number of nitrogens with zero attached hydrogens (tertiary/aromatic N) is 4. The Morgan fingerprint density at radius 3 is 1.53 bits per heavy atom. The zero-order chi connectivity index (χ0) is 48.8. The molecule has 0 aliphatic rings. The average Bonchev–Trinajstić information content (AvgIpc) is 3.97. The molecule has 0 fully saturated rings. The van der Waals surface area contributed by atoms with Gasteiger partial charge >= 0.3 is 7.12 Å². The van der Waals surface area contributed by atoms with Gasteiger partial charge in [-0.2, -0.15) is 0 Å². The van der Waals surface area contributed by atoms with Crippen LogP contribution in [-0.4, -0.2) is 36.3 Å². The largest absolute Gasteiger partial charge is 0.488 e. The number of aromatic nitrogens is 4. The SMILES string of the molecule is OB(O)c1ccc(-c2ccccc2)cc1.c1ccc(-c2ccc(-c3cccc4c3c3cc5ccccc5cc3n4-c3nc4ccccc4nc3-c3ccc4c(c3)c3ccccc3n4-c3ccccc3)cc2)cc1. The third-order valence-electron chi connectivity index (χ3n) is 14.0. The van der Waals surface area contributed by atoms with Gasteiger partial charge in [-0.1, -0.05) is 200 Å². The lowest BCUT2D eigenvalue weighted by Gasteiger charge is -2.14. The van der Waals surface area contributed by atoms with Gasteiger partial charge in [-0.3, -0.25) is 4.57 Å². The summed E-state index contributed by atoms with van der Waals surface area (Å²) in [5.41, 5.74) is 16.7. The molecule has 0 bridgehead atoms. The van der Waals surface area contributed by atoms with Gasteiger partial charge in [0, 0.05) is 32.8 Å². The predicted molar refractivity (Wildman–Crippen MR) is 304 cm³/mol. The molecule has 14 rings (SSSR count). The summed E-state index contributed by atoms with van der Waals surface area (Å²) in [5.74, 6) is 0.803. The van der Waals surface area contributed by atoms with E-state index < -0.39 is 7.12 Å². The Hall–Kier alpha value is -9.40. The second-order valence-corrected chi connectivity index (χ2v) is 18.4. The Balaban J connectivity index is 0.000000296. The first-order valence-corrected chi connectivity index (χ1v) is 24.5. The number of benzene rings is 11. The van der Waals surface area contributed by atoms with E-state index in [0.29, 0.717) is 5.46 Å². The van der Waals surface area contributed by atoms with E-state index in [0.717, 1.165) is 61.5 Å². The van der Waals surface area contributed by atoms with Crippen molar-refractivity contribution in [2.24, 2.45) is 0 Å². The van der Waals surface area contributed by atoms with Crippen molar-refractivity contribution in [1.82, 2.24) is 19.1 Å². The summed E-state index contributed by atoms with van der Waals surface area (Å²) >= 11 is 0. The minimum Gasteiger partial charge on any atom is -0.423 e. The predicted octanol–water partition coefficient (Wildman–Crippen LogP) is 15.0. The van der Waals surface area contributed by atoms with Crippen molar-refractivity contribution in [3.05, 3.63) is 261 Å². The molecule has 0 aliphatic heterocycles. The molecule has 0 saturated carbocycles. The van der Waals surface area contributed by atoms with Gasteiger partial charge in [-0.15, -0.1) is 0 Å².